The maximum Gasteiger partial charge on any atom is 0.126 e. The van der Waals surface area contributed by atoms with Crippen LogP contribution in [0.2, 0.25) is 0 Å². The fourth-order valence-electron chi connectivity index (χ4n) is 2.42. The van der Waals surface area contributed by atoms with E-state index >= 15 is 0 Å². The van der Waals surface area contributed by atoms with E-state index in [0.717, 1.165) is 0 Å². The maximum atomic E-state index is 9.44. The van der Waals surface area contributed by atoms with Gasteiger partial charge in [0, 0.05) is 0 Å². The lowest BCUT2D eigenvalue weighted by molar-refractivity contribution is -0.223. The molecule has 0 aromatic rings. The Bertz CT molecular complexity index is 387. The van der Waals surface area contributed by atoms with Gasteiger partial charge in [0.15, 0.2) is 0 Å². The lowest BCUT2D eigenvalue weighted by Crippen LogP contribution is -2.63. The lowest BCUT2D eigenvalue weighted by Gasteiger charge is -2.39. The second-order valence-corrected chi connectivity index (χ2v) is 7.70. The van der Waals surface area contributed by atoms with Crippen LogP contribution in [0.3, 0.4) is 0 Å². The molecule has 2 rings (SSSR count). The second kappa shape index (κ2) is 14.9. The Balaban J connectivity index is 0. The zero-order chi connectivity index (χ0) is 26.1. The van der Waals surface area contributed by atoms with E-state index < -0.39 is 73.2 Å². The van der Waals surface area contributed by atoms with Gasteiger partial charge in [0.05, 0.1) is 0 Å². The average molecular weight is 476 g/mol. The highest BCUT2D eigenvalue weighted by molar-refractivity contribution is 5.72. The van der Waals surface area contributed by atoms with E-state index in [4.69, 9.17) is 61.3 Å². The van der Waals surface area contributed by atoms with Gasteiger partial charge in [-0.25, -0.2) is 0 Å². The lowest BCUT2D eigenvalue weighted by atomic mass is 9.85. The molecule has 14 nitrogen and oxygen atoms in total. The summed E-state index contributed by atoms with van der Waals surface area (Å²) in [6, 6.07) is 0. The molecule has 0 amide bonds. The number of rotatable bonds is 0. The summed E-state index contributed by atoms with van der Waals surface area (Å²) in [7, 11) is 0. The van der Waals surface area contributed by atoms with Crippen LogP contribution >= 0.6 is 0 Å². The highest BCUT2D eigenvalue weighted by Gasteiger charge is 2.48. The van der Waals surface area contributed by atoms with Gasteiger partial charge < -0.3 is 70.9 Å². The van der Waals surface area contributed by atoms with E-state index in [1.165, 1.54) is 27.7 Å². The molecule has 0 aliphatic heterocycles. The minimum Gasteiger partial charge on any atom is -0.387 e. The minimum absolute atomic E-state index is 0.167. The topological polar surface area (TPSA) is 277 Å². The fourth-order valence-corrected chi connectivity index (χ4v) is 2.42. The van der Waals surface area contributed by atoms with Crippen molar-refractivity contribution in [3.05, 3.63) is 0 Å². The van der Waals surface area contributed by atoms with Crippen molar-refractivity contribution in [1.29, 1.82) is 0 Å². The summed E-state index contributed by atoms with van der Waals surface area (Å²) in [4.78, 5) is 18.9. The number of Topliss-reactive ketones (excluding diaryl/α,β-unsaturated/α-hetero) is 2. The number of aliphatic hydroxyl groups is 12. The van der Waals surface area contributed by atoms with E-state index in [9.17, 15) is 9.59 Å². The van der Waals surface area contributed by atoms with Crippen molar-refractivity contribution in [2.75, 3.05) is 0 Å². The van der Waals surface area contributed by atoms with Gasteiger partial charge in [-0.15, -0.1) is 0 Å². The van der Waals surface area contributed by atoms with Crippen LogP contribution in [-0.4, -0.2) is 146 Å². The molecule has 14 heteroatoms. The quantitative estimate of drug-likeness (QED) is 0.155. The van der Waals surface area contributed by atoms with Crippen LogP contribution in [0.25, 0.3) is 0 Å². The smallest absolute Gasteiger partial charge is 0.126 e. The molecule has 0 atom stereocenters. The van der Waals surface area contributed by atoms with E-state index in [1.54, 1.807) is 0 Å². The molecule has 0 aromatic carbocycles. The van der Waals surface area contributed by atoms with Gasteiger partial charge in [-0.2, -0.15) is 0 Å². The third kappa shape index (κ3) is 10.2. The van der Waals surface area contributed by atoms with Crippen molar-refractivity contribution < 1.29 is 70.9 Å². The van der Waals surface area contributed by atoms with Crippen molar-refractivity contribution >= 4 is 11.6 Å². The Hall–Kier alpha value is -1.14. The maximum absolute atomic E-state index is 9.44. The number of ketones is 2. The largest absolute Gasteiger partial charge is 0.387 e. The first-order chi connectivity index (χ1) is 14.4. The summed E-state index contributed by atoms with van der Waals surface area (Å²) < 4.78 is 0. The van der Waals surface area contributed by atoms with Crippen molar-refractivity contribution in [3.8, 4) is 0 Å². The molecule has 0 heterocycles. The van der Waals surface area contributed by atoms with E-state index in [0.29, 0.717) is 0 Å². The fraction of sp³-hybridized carbons (Fsp3) is 0.889. The molecule has 2 aliphatic rings. The molecule has 0 radical (unpaired) electrons. The molecule has 0 spiro atoms. The molecule has 0 bridgehead atoms. The molecule has 2 aliphatic carbocycles. The first-order valence-corrected chi connectivity index (χ1v) is 9.51. The monoisotopic (exact) mass is 476 g/mol. The van der Waals surface area contributed by atoms with Crippen LogP contribution in [0.15, 0.2) is 0 Å². The molecule has 0 aromatic heterocycles. The highest BCUT2D eigenvalue weighted by atomic mass is 16.4. The molecular formula is C18H36O14. The van der Waals surface area contributed by atoms with Crippen molar-refractivity contribution in [2.24, 2.45) is 0 Å². The molecule has 2 saturated carbocycles. The summed E-state index contributed by atoms with van der Waals surface area (Å²) >= 11 is 0. The Morgan fingerprint density at radius 2 is 0.344 bits per heavy atom. The first kappa shape index (κ1) is 33.0. The Morgan fingerprint density at radius 3 is 0.375 bits per heavy atom. The van der Waals surface area contributed by atoms with Crippen molar-refractivity contribution in [1.82, 2.24) is 0 Å². The number of carbonyl (C=O) groups excluding carboxylic acids is 2. The first-order valence-electron chi connectivity index (χ1n) is 9.51. The Kier molecular flexibility index (Phi) is 15.4. The molecule has 32 heavy (non-hydrogen) atoms. The molecule has 12 N–H and O–H groups in total. The number of aliphatic hydroxyl groups excluding tert-OH is 12. The van der Waals surface area contributed by atoms with Crippen LogP contribution in [0.4, 0.5) is 0 Å². The summed E-state index contributed by atoms with van der Waals surface area (Å²) in [5.74, 6) is 0.333. The average Bonchev–Trinajstić information content (AvgIpc) is 2.70. The van der Waals surface area contributed by atoms with Gasteiger partial charge in [0.25, 0.3) is 0 Å². The van der Waals surface area contributed by atoms with E-state index in [1.807, 2.05) is 0 Å². The standard InChI is InChI=1S/2C6H12O6.2C3H6O/c2*7-1-2(8)4(10)6(12)5(11)3(1)9;2*1-3(2)4/h2*1-12H;2*1-2H3. The molecule has 192 valence electrons. The van der Waals surface area contributed by atoms with Gasteiger partial charge in [-0.1, -0.05) is 0 Å². The van der Waals surface area contributed by atoms with Gasteiger partial charge in [-0.3, -0.25) is 0 Å². The second-order valence-electron chi connectivity index (χ2n) is 7.70. The van der Waals surface area contributed by atoms with Gasteiger partial charge in [-0.05, 0) is 27.7 Å². The summed E-state index contributed by atoms with van der Waals surface area (Å²) in [5.41, 5.74) is 0. The minimum atomic E-state index is -1.64. The number of hydrogen-bond acceptors (Lipinski definition) is 14. The SMILES string of the molecule is CC(C)=O.CC(C)=O.OC1C(O)C(O)C(O)C(O)C1O.OC1C(O)C(O)C(O)C(O)C1O. The molecule has 0 unspecified atom stereocenters. The Labute approximate surface area is 184 Å². The highest BCUT2D eigenvalue weighted by Crippen LogP contribution is 2.21. The summed E-state index contributed by atoms with van der Waals surface area (Å²) in [6.45, 7) is 6.11. The normalized spacial score (nSPS) is 43.2. The van der Waals surface area contributed by atoms with Crippen LogP contribution in [-0.2, 0) is 9.59 Å². The summed E-state index contributed by atoms with van der Waals surface area (Å²) in [5, 5.41) is 108. The van der Waals surface area contributed by atoms with E-state index in [2.05, 4.69) is 0 Å². The Morgan fingerprint density at radius 1 is 0.312 bits per heavy atom. The molecule has 2 fully saturated rings. The van der Waals surface area contributed by atoms with Crippen molar-refractivity contribution in [2.45, 2.75) is 101 Å². The van der Waals surface area contributed by atoms with Gasteiger partial charge in [0.2, 0.25) is 0 Å². The third-order valence-electron chi connectivity index (χ3n) is 4.20. The summed E-state index contributed by atoms with van der Waals surface area (Å²) in [6.07, 6.45) is -19.7. The van der Waals surface area contributed by atoms with Gasteiger partial charge >= 0.3 is 0 Å². The predicted molar refractivity (Wildman–Crippen MR) is 105 cm³/mol. The zero-order valence-electron chi connectivity index (χ0n) is 18.1. The van der Waals surface area contributed by atoms with Crippen LogP contribution in [0.5, 0.6) is 0 Å². The molecular weight excluding hydrogens is 440 g/mol. The molecule has 0 saturated heterocycles. The predicted octanol–water partition coefficient (Wildman–Crippen LogP) is -6.48. The van der Waals surface area contributed by atoms with Crippen LogP contribution in [0.1, 0.15) is 27.7 Å². The third-order valence-corrected chi connectivity index (χ3v) is 4.20. The number of hydrogen-bond donors (Lipinski definition) is 12. The zero-order valence-corrected chi connectivity index (χ0v) is 18.1. The van der Waals surface area contributed by atoms with E-state index in [-0.39, 0.29) is 11.6 Å². The van der Waals surface area contributed by atoms with Gasteiger partial charge in [0.1, 0.15) is 84.8 Å². The van der Waals surface area contributed by atoms with Crippen LogP contribution in [0, 0.1) is 0 Å². The van der Waals surface area contributed by atoms with Crippen molar-refractivity contribution in [3.63, 3.8) is 0 Å². The van der Waals surface area contributed by atoms with Crippen LogP contribution < -0.4 is 0 Å². The number of carbonyl (C=O) groups is 2.